The van der Waals surface area contributed by atoms with Crippen LogP contribution in [-0.2, 0) is 6.42 Å². The van der Waals surface area contributed by atoms with Gasteiger partial charge in [-0.05, 0) is 47.2 Å². The summed E-state index contributed by atoms with van der Waals surface area (Å²) in [5.41, 5.74) is 3.06. The summed E-state index contributed by atoms with van der Waals surface area (Å²) in [5.74, 6) is 0.788. The molecule has 4 rings (SSSR count). The average molecular weight is 365 g/mol. The van der Waals surface area contributed by atoms with Crippen molar-refractivity contribution in [1.29, 1.82) is 0 Å². The van der Waals surface area contributed by atoms with Gasteiger partial charge in [-0.3, -0.25) is 4.79 Å². The SMILES string of the molecule is COc1ccc(C2c3ccsc3CCN2C=CC(=O)c2ccoc2)cc1. The molecular formula is C21H19NO3S. The Labute approximate surface area is 156 Å². The van der Waals surface area contributed by atoms with Crippen LogP contribution in [0.5, 0.6) is 5.75 Å². The molecule has 132 valence electrons. The number of benzene rings is 1. The zero-order valence-electron chi connectivity index (χ0n) is 14.4. The summed E-state index contributed by atoms with van der Waals surface area (Å²) in [7, 11) is 1.67. The lowest BCUT2D eigenvalue weighted by Crippen LogP contribution is -2.31. The van der Waals surface area contributed by atoms with E-state index in [2.05, 4.69) is 28.5 Å². The van der Waals surface area contributed by atoms with Crippen LogP contribution in [-0.4, -0.2) is 24.3 Å². The minimum atomic E-state index is -0.0525. The molecule has 5 heteroatoms. The first kappa shape index (κ1) is 16.7. The molecule has 1 aromatic carbocycles. The van der Waals surface area contributed by atoms with Crippen LogP contribution in [0.4, 0.5) is 0 Å². The molecule has 1 aliphatic heterocycles. The van der Waals surface area contributed by atoms with E-state index in [-0.39, 0.29) is 11.8 Å². The van der Waals surface area contributed by atoms with Gasteiger partial charge in [-0.2, -0.15) is 0 Å². The van der Waals surface area contributed by atoms with Crippen molar-refractivity contribution in [3.05, 3.63) is 88.1 Å². The average Bonchev–Trinajstić information content (AvgIpc) is 3.37. The minimum absolute atomic E-state index is 0.0525. The largest absolute Gasteiger partial charge is 0.497 e. The first-order valence-corrected chi connectivity index (χ1v) is 9.35. The molecule has 0 spiro atoms. The van der Waals surface area contributed by atoms with Crippen LogP contribution >= 0.6 is 11.3 Å². The quantitative estimate of drug-likeness (QED) is 0.486. The Morgan fingerprint density at radius 3 is 2.85 bits per heavy atom. The van der Waals surface area contributed by atoms with Crippen molar-refractivity contribution in [2.75, 3.05) is 13.7 Å². The normalized spacial score (nSPS) is 16.7. The molecule has 0 saturated carbocycles. The molecule has 0 N–H and O–H groups in total. The topological polar surface area (TPSA) is 42.7 Å². The number of furan rings is 1. The van der Waals surface area contributed by atoms with Crippen LogP contribution in [0, 0.1) is 0 Å². The molecule has 0 fully saturated rings. The van der Waals surface area contributed by atoms with Crippen molar-refractivity contribution in [2.24, 2.45) is 0 Å². The van der Waals surface area contributed by atoms with Crippen LogP contribution in [0.15, 0.2) is 71.0 Å². The predicted octanol–water partition coefficient (Wildman–Crippen LogP) is 4.69. The molecule has 0 radical (unpaired) electrons. The second kappa shape index (κ2) is 7.22. The maximum absolute atomic E-state index is 12.3. The van der Waals surface area contributed by atoms with Gasteiger partial charge < -0.3 is 14.1 Å². The minimum Gasteiger partial charge on any atom is -0.497 e. The summed E-state index contributed by atoms with van der Waals surface area (Å²) in [6, 6.07) is 12.1. The van der Waals surface area contributed by atoms with Gasteiger partial charge >= 0.3 is 0 Å². The highest BCUT2D eigenvalue weighted by Crippen LogP contribution is 2.38. The van der Waals surface area contributed by atoms with Crippen LogP contribution in [0.25, 0.3) is 0 Å². The number of carbonyl (C=O) groups is 1. The molecule has 4 nitrogen and oxygen atoms in total. The van der Waals surface area contributed by atoms with Gasteiger partial charge in [-0.15, -0.1) is 11.3 Å². The summed E-state index contributed by atoms with van der Waals surface area (Å²) in [4.78, 5) is 15.9. The number of ketones is 1. The Bertz CT molecular complexity index is 909. The third-order valence-corrected chi connectivity index (χ3v) is 5.65. The third-order valence-electron chi connectivity index (χ3n) is 4.66. The van der Waals surface area contributed by atoms with Gasteiger partial charge in [0, 0.05) is 23.7 Å². The molecule has 1 aliphatic rings. The molecule has 1 unspecified atom stereocenters. The monoisotopic (exact) mass is 365 g/mol. The van der Waals surface area contributed by atoms with E-state index in [4.69, 9.17) is 9.15 Å². The van der Waals surface area contributed by atoms with E-state index >= 15 is 0 Å². The lowest BCUT2D eigenvalue weighted by Gasteiger charge is -2.35. The molecule has 0 saturated heterocycles. The Kier molecular flexibility index (Phi) is 4.63. The van der Waals surface area contributed by atoms with Crippen molar-refractivity contribution in [1.82, 2.24) is 4.90 Å². The summed E-state index contributed by atoms with van der Waals surface area (Å²) < 4.78 is 10.3. The van der Waals surface area contributed by atoms with E-state index in [1.165, 1.54) is 28.5 Å². The van der Waals surface area contributed by atoms with Gasteiger partial charge in [0.25, 0.3) is 0 Å². The lowest BCUT2D eigenvalue weighted by molar-refractivity contribution is 0.104. The third kappa shape index (κ3) is 3.18. The Hall–Kier alpha value is -2.79. The Balaban J connectivity index is 1.65. The van der Waals surface area contributed by atoms with Gasteiger partial charge in [0.15, 0.2) is 5.78 Å². The van der Waals surface area contributed by atoms with Gasteiger partial charge in [0.05, 0.1) is 25.0 Å². The fraction of sp³-hybridized carbons (Fsp3) is 0.190. The van der Waals surface area contributed by atoms with Gasteiger partial charge in [0.2, 0.25) is 0 Å². The van der Waals surface area contributed by atoms with Crippen molar-refractivity contribution in [2.45, 2.75) is 12.5 Å². The molecule has 2 aromatic heterocycles. The number of carbonyl (C=O) groups excluding carboxylic acids is 1. The molecule has 3 aromatic rings. The molecule has 26 heavy (non-hydrogen) atoms. The number of rotatable bonds is 5. The van der Waals surface area contributed by atoms with Gasteiger partial charge in [-0.25, -0.2) is 0 Å². The Morgan fingerprint density at radius 2 is 2.12 bits per heavy atom. The molecule has 0 aliphatic carbocycles. The lowest BCUT2D eigenvalue weighted by atomic mass is 9.93. The maximum Gasteiger partial charge on any atom is 0.190 e. The fourth-order valence-electron chi connectivity index (χ4n) is 3.32. The number of nitrogens with zero attached hydrogens (tertiary/aromatic N) is 1. The number of hydrogen-bond donors (Lipinski definition) is 0. The second-order valence-electron chi connectivity index (χ2n) is 6.15. The van der Waals surface area contributed by atoms with Crippen molar-refractivity contribution in [3.63, 3.8) is 0 Å². The summed E-state index contributed by atoms with van der Waals surface area (Å²) in [6.45, 7) is 0.874. The van der Waals surface area contributed by atoms with Gasteiger partial charge in [0.1, 0.15) is 12.0 Å². The number of ether oxygens (including phenoxy) is 1. The van der Waals surface area contributed by atoms with Crippen LogP contribution < -0.4 is 4.74 Å². The van der Waals surface area contributed by atoms with Crippen molar-refractivity contribution >= 4 is 17.1 Å². The molecule has 0 bridgehead atoms. The first-order valence-electron chi connectivity index (χ1n) is 8.47. The molecule has 0 amide bonds. The van der Waals surface area contributed by atoms with E-state index in [0.717, 1.165) is 18.7 Å². The zero-order chi connectivity index (χ0) is 17.9. The summed E-state index contributed by atoms with van der Waals surface area (Å²) in [5, 5.41) is 2.14. The standard InChI is InChI=1S/C21H19NO3S/c1-24-17-4-2-15(3-5-17)21-18-9-13-26-20(18)7-11-22(21)10-6-19(23)16-8-12-25-14-16/h2-6,8-10,12-14,21H,7,11H2,1H3. The number of fused-ring (bicyclic) bond motifs is 1. The number of hydrogen-bond acceptors (Lipinski definition) is 5. The number of thiophene rings is 1. The number of methoxy groups -OCH3 is 1. The predicted molar refractivity (Wildman–Crippen MR) is 102 cm³/mol. The van der Waals surface area contributed by atoms with Crippen LogP contribution in [0.3, 0.4) is 0 Å². The molecular weight excluding hydrogens is 346 g/mol. The Morgan fingerprint density at radius 1 is 1.27 bits per heavy atom. The van der Waals surface area contributed by atoms with E-state index in [9.17, 15) is 4.79 Å². The van der Waals surface area contributed by atoms with E-state index in [0.29, 0.717) is 5.56 Å². The van der Waals surface area contributed by atoms with Crippen LogP contribution in [0.2, 0.25) is 0 Å². The first-order chi connectivity index (χ1) is 12.8. The van der Waals surface area contributed by atoms with Crippen molar-refractivity contribution in [3.8, 4) is 5.75 Å². The van der Waals surface area contributed by atoms with Crippen LogP contribution in [0.1, 0.15) is 32.4 Å². The summed E-state index contributed by atoms with van der Waals surface area (Å²) in [6.07, 6.45) is 7.51. The maximum atomic E-state index is 12.3. The molecule has 1 atom stereocenters. The highest BCUT2D eigenvalue weighted by molar-refractivity contribution is 7.10. The zero-order valence-corrected chi connectivity index (χ0v) is 15.2. The molecule has 3 heterocycles. The highest BCUT2D eigenvalue weighted by atomic mass is 32.1. The number of allylic oxidation sites excluding steroid dienone is 1. The highest BCUT2D eigenvalue weighted by Gasteiger charge is 2.27. The smallest absolute Gasteiger partial charge is 0.190 e. The van der Waals surface area contributed by atoms with E-state index < -0.39 is 0 Å². The van der Waals surface area contributed by atoms with Crippen molar-refractivity contribution < 1.29 is 13.9 Å². The van der Waals surface area contributed by atoms with Gasteiger partial charge in [-0.1, -0.05) is 12.1 Å². The fourth-order valence-corrected chi connectivity index (χ4v) is 4.22. The van der Waals surface area contributed by atoms with E-state index in [1.54, 1.807) is 30.6 Å². The second-order valence-corrected chi connectivity index (χ2v) is 7.16. The summed E-state index contributed by atoms with van der Waals surface area (Å²) >= 11 is 1.80. The van der Waals surface area contributed by atoms with E-state index in [1.807, 2.05) is 18.3 Å².